The molecule has 5 nitrogen and oxygen atoms in total. The number of likely N-dealkylation sites (N-methyl/N-ethyl adjacent to an activating group) is 1. The predicted octanol–water partition coefficient (Wildman–Crippen LogP) is 13.4. The van der Waals surface area contributed by atoms with E-state index in [1.54, 1.807) is 0 Å². The molecule has 0 aromatic carbocycles. The van der Waals surface area contributed by atoms with Gasteiger partial charge >= 0.3 is 11.9 Å². The second-order valence-electron chi connectivity index (χ2n) is 14.9. The van der Waals surface area contributed by atoms with Crippen LogP contribution in [-0.4, -0.2) is 55.3 Å². The van der Waals surface area contributed by atoms with E-state index in [1.807, 2.05) is 0 Å². The highest BCUT2D eigenvalue weighted by Crippen LogP contribution is 2.15. The molecule has 1 atom stereocenters. The Morgan fingerprint density at radius 2 is 0.800 bits per heavy atom. The van der Waals surface area contributed by atoms with Crippen molar-refractivity contribution in [2.45, 2.75) is 221 Å². The number of hydrogen-bond acceptors (Lipinski definition) is 4. The summed E-state index contributed by atoms with van der Waals surface area (Å²) in [5, 5.41) is 0. The third-order valence-electron chi connectivity index (χ3n) is 10.6. The van der Waals surface area contributed by atoms with Crippen LogP contribution in [0.5, 0.6) is 0 Å². The Labute approximate surface area is 312 Å². The van der Waals surface area contributed by atoms with Crippen LogP contribution in [0.2, 0.25) is 0 Å². The summed E-state index contributed by atoms with van der Waals surface area (Å²) in [6.45, 7) is 14.9. The normalized spacial score (nSPS) is 12.7. The number of carbonyl (C=O) groups excluding carboxylic acids is 2. The number of unbranched alkanes of at least 4 members (excludes halogenated alkanes) is 22. The van der Waals surface area contributed by atoms with E-state index in [9.17, 15) is 9.59 Å². The van der Waals surface area contributed by atoms with Gasteiger partial charge in [0, 0.05) is 12.8 Å². The first-order valence-corrected chi connectivity index (χ1v) is 22.0. The van der Waals surface area contributed by atoms with Crippen LogP contribution in [0.1, 0.15) is 214 Å². The Kier molecular flexibility index (Phi) is 35.9. The fourth-order valence-corrected chi connectivity index (χ4v) is 6.80. The second kappa shape index (κ2) is 37.1. The molecule has 1 unspecified atom stereocenters. The number of rotatable bonds is 38. The first kappa shape index (κ1) is 48.4. The zero-order valence-corrected chi connectivity index (χ0v) is 34.3. The maximum atomic E-state index is 12.8. The van der Waals surface area contributed by atoms with Crippen molar-refractivity contribution in [1.82, 2.24) is 0 Å². The van der Waals surface area contributed by atoms with Crippen molar-refractivity contribution >= 4 is 11.9 Å². The summed E-state index contributed by atoms with van der Waals surface area (Å²) in [5.41, 5.74) is 0. The summed E-state index contributed by atoms with van der Waals surface area (Å²) in [5.74, 6) is -0.314. The number of allylic oxidation sites excluding steroid dienone is 4. The van der Waals surface area contributed by atoms with Crippen LogP contribution in [0.3, 0.4) is 0 Å². The van der Waals surface area contributed by atoms with E-state index in [1.165, 1.54) is 135 Å². The first-order chi connectivity index (χ1) is 24.5. The van der Waals surface area contributed by atoms with Crippen LogP contribution < -0.4 is 0 Å². The molecule has 0 saturated carbocycles. The van der Waals surface area contributed by atoms with Crippen molar-refractivity contribution in [1.29, 1.82) is 0 Å². The molecule has 0 radical (unpaired) electrons. The van der Waals surface area contributed by atoms with Gasteiger partial charge in [0.05, 0.1) is 19.6 Å². The first-order valence-electron chi connectivity index (χ1n) is 22.0. The van der Waals surface area contributed by atoms with Crippen molar-refractivity contribution in [3.05, 3.63) is 24.3 Å². The summed E-state index contributed by atoms with van der Waals surface area (Å²) in [7, 11) is 0. The molecular weight excluding hydrogens is 618 g/mol. The maximum Gasteiger partial charge on any atom is 0.306 e. The molecule has 0 fully saturated rings. The summed E-state index contributed by atoms with van der Waals surface area (Å²) in [6, 6.07) is 0. The highest BCUT2D eigenvalue weighted by molar-refractivity contribution is 5.70. The van der Waals surface area contributed by atoms with Crippen LogP contribution >= 0.6 is 0 Å². The number of nitrogens with zero attached hydrogens (tertiary/aromatic N) is 1. The molecule has 0 bridgehead atoms. The van der Waals surface area contributed by atoms with Gasteiger partial charge in [-0.15, -0.1) is 0 Å². The lowest BCUT2D eigenvalue weighted by molar-refractivity contribution is -0.925. The summed E-state index contributed by atoms with van der Waals surface area (Å²) in [6.07, 6.45) is 42.2. The zero-order valence-electron chi connectivity index (χ0n) is 34.3. The summed E-state index contributed by atoms with van der Waals surface area (Å²) >= 11 is 0. The lowest BCUT2D eigenvalue weighted by Gasteiger charge is -2.38. The second-order valence-corrected chi connectivity index (χ2v) is 14.9. The smallest absolute Gasteiger partial charge is 0.306 e. The third kappa shape index (κ3) is 31.1. The van der Waals surface area contributed by atoms with Gasteiger partial charge in [0.25, 0.3) is 0 Å². The molecule has 0 saturated heterocycles. The van der Waals surface area contributed by atoms with Crippen molar-refractivity contribution in [2.75, 3.05) is 32.8 Å². The van der Waals surface area contributed by atoms with Crippen LogP contribution in [0.15, 0.2) is 24.3 Å². The molecule has 0 aliphatic carbocycles. The van der Waals surface area contributed by atoms with Gasteiger partial charge in [-0.25, -0.2) is 0 Å². The molecule has 0 aromatic rings. The van der Waals surface area contributed by atoms with Crippen molar-refractivity contribution in [3.8, 4) is 0 Å². The van der Waals surface area contributed by atoms with E-state index in [-0.39, 0.29) is 24.6 Å². The fourth-order valence-electron chi connectivity index (χ4n) is 6.80. The highest BCUT2D eigenvalue weighted by Gasteiger charge is 2.29. The minimum atomic E-state index is -0.386. The lowest BCUT2D eigenvalue weighted by Crippen LogP contribution is -2.53. The third-order valence-corrected chi connectivity index (χ3v) is 10.6. The molecule has 50 heavy (non-hydrogen) atoms. The molecule has 0 heterocycles. The van der Waals surface area contributed by atoms with Crippen molar-refractivity contribution < 1.29 is 23.5 Å². The molecule has 0 aromatic heterocycles. The standard InChI is InChI=1S/C45H86NO4/c1-6-11-13-15-17-19-21-23-25-27-29-31-33-35-37-39-44(47)49-42-43(41-46(8-3,9-4)10-5)50-45(48)40-38-36-34-32-30-28-26-24-22-20-18-16-14-12-7-2/h23-26,43H,6-22,27-42H2,1-5H3/q+1/b25-23+,26-24+. The van der Waals surface area contributed by atoms with Crippen molar-refractivity contribution in [2.24, 2.45) is 0 Å². The fraction of sp³-hybridized carbons (Fsp3) is 0.867. The summed E-state index contributed by atoms with van der Waals surface area (Å²) in [4.78, 5) is 25.4. The number of ether oxygens (including phenoxy) is 2. The molecule has 0 rings (SSSR count). The van der Waals surface area contributed by atoms with Gasteiger partial charge in [-0.2, -0.15) is 0 Å². The van der Waals surface area contributed by atoms with E-state index in [2.05, 4.69) is 58.9 Å². The zero-order chi connectivity index (χ0) is 36.8. The van der Waals surface area contributed by atoms with Gasteiger partial charge < -0.3 is 14.0 Å². The Balaban J connectivity index is 4.19. The SMILES string of the molecule is CCCCCCCC/C=C/CCCCCCCC(=O)OCC(C[N+](CC)(CC)CC)OC(=O)CCCCCCC/C=C/CCCCCCCC. The van der Waals surface area contributed by atoms with E-state index < -0.39 is 0 Å². The van der Waals surface area contributed by atoms with Gasteiger partial charge in [0.1, 0.15) is 13.2 Å². The molecule has 0 aliphatic heterocycles. The average Bonchev–Trinajstić information content (AvgIpc) is 3.12. The highest BCUT2D eigenvalue weighted by atomic mass is 16.6. The average molecular weight is 705 g/mol. The van der Waals surface area contributed by atoms with Gasteiger partial charge in [0.2, 0.25) is 0 Å². The Hall–Kier alpha value is -1.62. The minimum absolute atomic E-state index is 0.151. The topological polar surface area (TPSA) is 52.6 Å². The van der Waals surface area contributed by atoms with Crippen LogP contribution in [0, 0.1) is 0 Å². The molecular formula is C45H86NO4+. The minimum Gasteiger partial charge on any atom is -0.461 e. The van der Waals surface area contributed by atoms with E-state index in [4.69, 9.17) is 9.47 Å². The quantitative estimate of drug-likeness (QED) is 0.0278. The number of hydrogen-bond donors (Lipinski definition) is 0. The van der Waals surface area contributed by atoms with E-state index in [0.717, 1.165) is 56.2 Å². The lowest BCUT2D eigenvalue weighted by atomic mass is 10.1. The maximum absolute atomic E-state index is 12.8. The molecule has 0 spiro atoms. The Morgan fingerprint density at radius 3 is 1.18 bits per heavy atom. The van der Waals surface area contributed by atoms with Gasteiger partial charge in [-0.3, -0.25) is 9.59 Å². The van der Waals surface area contributed by atoms with Gasteiger partial charge in [-0.1, -0.05) is 141 Å². The van der Waals surface area contributed by atoms with Crippen LogP contribution in [0.4, 0.5) is 0 Å². The van der Waals surface area contributed by atoms with Crippen LogP contribution in [-0.2, 0) is 19.1 Å². The molecule has 0 N–H and O–H groups in total. The molecule has 0 aliphatic rings. The van der Waals surface area contributed by atoms with E-state index in [0.29, 0.717) is 19.4 Å². The van der Waals surface area contributed by atoms with E-state index >= 15 is 0 Å². The largest absolute Gasteiger partial charge is 0.461 e. The molecule has 294 valence electrons. The number of esters is 2. The Bertz CT molecular complexity index is 795. The monoisotopic (exact) mass is 705 g/mol. The summed E-state index contributed by atoms with van der Waals surface area (Å²) < 4.78 is 12.5. The molecule has 0 amide bonds. The predicted molar refractivity (Wildman–Crippen MR) is 216 cm³/mol. The Morgan fingerprint density at radius 1 is 0.460 bits per heavy atom. The van der Waals surface area contributed by atoms with Crippen LogP contribution in [0.25, 0.3) is 0 Å². The van der Waals surface area contributed by atoms with Gasteiger partial charge in [0.15, 0.2) is 6.10 Å². The molecule has 5 heteroatoms. The number of quaternary nitrogens is 1. The van der Waals surface area contributed by atoms with Crippen molar-refractivity contribution in [3.63, 3.8) is 0 Å². The number of carbonyl (C=O) groups is 2. The van der Waals surface area contributed by atoms with Gasteiger partial charge in [-0.05, 0) is 85.0 Å².